The molecule has 0 amide bonds. The second kappa shape index (κ2) is 5.36. The first-order valence-electron chi connectivity index (χ1n) is 6.73. The number of piperidine rings is 1. The molecule has 3 rings (SSSR count). The molecule has 1 aliphatic heterocycles. The number of hydrogen-bond donors (Lipinski definition) is 1. The van der Waals surface area contributed by atoms with Gasteiger partial charge in [-0.25, -0.2) is 0 Å². The van der Waals surface area contributed by atoms with Gasteiger partial charge in [-0.3, -0.25) is 4.68 Å². The molecule has 1 aromatic heterocycles. The molecule has 0 spiro atoms. The standard InChI is InChI=1S/C15H19N3/c1-2-6-13(7-3-1)14-10-17-18(11-14)12-15-8-4-5-9-16-15/h1-3,6-7,10-11,15-16H,4-5,8-9,12H2/t15-/m0/s1. The van der Waals surface area contributed by atoms with Gasteiger partial charge in [0.15, 0.2) is 0 Å². The molecule has 1 aliphatic rings. The van der Waals surface area contributed by atoms with Crippen LogP contribution in [0.4, 0.5) is 0 Å². The molecule has 1 saturated heterocycles. The first kappa shape index (κ1) is 11.5. The van der Waals surface area contributed by atoms with Gasteiger partial charge in [-0.05, 0) is 24.9 Å². The summed E-state index contributed by atoms with van der Waals surface area (Å²) < 4.78 is 2.06. The molecule has 1 aromatic carbocycles. The van der Waals surface area contributed by atoms with E-state index in [0.717, 1.165) is 13.1 Å². The van der Waals surface area contributed by atoms with Crippen LogP contribution < -0.4 is 5.32 Å². The molecule has 0 saturated carbocycles. The zero-order valence-corrected chi connectivity index (χ0v) is 10.5. The van der Waals surface area contributed by atoms with Gasteiger partial charge in [-0.1, -0.05) is 36.8 Å². The molecule has 2 heterocycles. The van der Waals surface area contributed by atoms with Crippen LogP contribution in [0.25, 0.3) is 11.1 Å². The predicted octanol–water partition coefficient (Wildman–Crippen LogP) is 2.69. The van der Waals surface area contributed by atoms with E-state index in [1.807, 2.05) is 12.3 Å². The van der Waals surface area contributed by atoms with E-state index in [0.29, 0.717) is 6.04 Å². The van der Waals surface area contributed by atoms with E-state index >= 15 is 0 Å². The largest absolute Gasteiger partial charge is 0.312 e. The molecule has 18 heavy (non-hydrogen) atoms. The second-order valence-corrected chi connectivity index (χ2v) is 4.96. The third-order valence-corrected chi connectivity index (χ3v) is 3.56. The zero-order chi connectivity index (χ0) is 12.2. The number of rotatable bonds is 3. The average Bonchev–Trinajstić information content (AvgIpc) is 2.89. The highest BCUT2D eigenvalue weighted by molar-refractivity contribution is 5.61. The van der Waals surface area contributed by atoms with Crippen molar-refractivity contribution in [3.05, 3.63) is 42.7 Å². The van der Waals surface area contributed by atoms with Crippen molar-refractivity contribution in [3.63, 3.8) is 0 Å². The smallest absolute Gasteiger partial charge is 0.0568 e. The summed E-state index contributed by atoms with van der Waals surface area (Å²) in [5.74, 6) is 0. The maximum Gasteiger partial charge on any atom is 0.0568 e. The topological polar surface area (TPSA) is 29.9 Å². The zero-order valence-electron chi connectivity index (χ0n) is 10.5. The van der Waals surface area contributed by atoms with E-state index in [1.165, 1.54) is 30.4 Å². The van der Waals surface area contributed by atoms with E-state index in [2.05, 4.69) is 45.6 Å². The van der Waals surface area contributed by atoms with Crippen LogP contribution in [-0.4, -0.2) is 22.4 Å². The Morgan fingerprint density at radius 1 is 1.17 bits per heavy atom. The van der Waals surface area contributed by atoms with Crippen LogP contribution in [-0.2, 0) is 6.54 Å². The number of benzene rings is 1. The van der Waals surface area contributed by atoms with Crippen molar-refractivity contribution in [2.24, 2.45) is 0 Å². The van der Waals surface area contributed by atoms with E-state index < -0.39 is 0 Å². The summed E-state index contributed by atoms with van der Waals surface area (Å²) in [6, 6.07) is 11.0. The Morgan fingerprint density at radius 3 is 2.83 bits per heavy atom. The Balaban J connectivity index is 1.69. The van der Waals surface area contributed by atoms with Crippen LogP contribution in [0, 0.1) is 0 Å². The van der Waals surface area contributed by atoms with E-state index in [1.54, 1.807) is 0 Å². The summed E-state index contributed by atoms with van der Waals surface area (Å²) in [6.07, 6.45) is 8.01. The van der Waals surface area contributed by atoms with Crippen molar-refractivity contribution >= 4 is 0 Å². The Hall–Kier alpha value is -1.61. The van der Waals surface area contributed by atoms with Crippen LogP contribution in [0.2, 0.25) is 0 Å². The molecule has 0 bridgehead atoms. The molecule has 0 radical (unpaired) electrons. The fourth-order valence-electron chi connectivity index (χ4n) is 2.55. The Bertz CT molecular complexity index is 483. The summed E-state index contributed by atoms with van der Waals surface area (Å²) in [4.78, 5) is 0. The summed E-state index contributed by atoms with van der Waals surface area (Å²) in [5, 5.41) is 8.02. The highest BCUT2D eigenvalue weighted by Gasteiger charge is 2.13. The van der Waals surface area contributed by atoms with Gasteiger partial charge in [-0.15, -0.1) is 0 Å². The molecule has 0 aliphatic carbocycles. The van der Waals surface area contributed by atoms with Crippen LogP contribution >= 0.6 is 0 Å². The highest BCUT2D eigenvalue weighted by Crippen LogP contribution is 2.18. The van der Waals surface area contributed by atoms with Crippen molar-refractivity contribution < 1.29 is 0 Å². The van der Waals surface area contributed by atoms with Crippen molar-refractivity contribution in [2.75, 3.05) is 6.54 Å². The molecule has 3 heteroatoms. The molecular formula is C15H19N3. The SMILES string of the molecule is c1ccc(-c2cnn(C[C@@H]3CCCCN3)c2)cc1. The van der Waals surface area contributed by atoms with Gasteiger partial charge in [0.1, 0.15) is 0 Å². The quantitative estimate of drug-likeness (QED) is 0.895. The van der Waals surface area contributed by atoms with Gasteiger partial charge in [0.05, 0.1) is 12.7 Å². The fraction of sp³-hybridized carbons (Fsp3) is 0.400. The Labute approximate surface area is 108 Å². The lowest BCUT2D eigenvalue weighted by atomic mass is 10.1. The maximum atomic E-state index is 4.46. The molecule has 1 fully saturated rings. The average molecular weight is 241 g/mol. The molecule has 1 N–H and O–H groups in total. The number of nitrogens with one attached hydrogen (secondary N) is 1. The third kappa shape index (κ3) is 2.62. The second-order valence-electron chi connectivity index (χ2n) is 4.96. The molecule has 3 nitrogen and oxygen atoms in total. The lowest BCUT2D eigenvalue weighted by Crippen LogP contribution is -2.37. The molecule has 1 atom stereocenters. The summed E-state index contributed by atoms with van der Waals surface area (Å²) in [6.45, 7) is 2.13. The van der Waals surface area contributed by atoms with Gasteiger partial charge in [-0.2, -0.15) is 5.10 Å². The molecule has 0 unspecified atom stereocenters. The number of hydrogen-bond acceptors (Lipinski definition) is 2. The molecular weight excluding hydrogens is 222 g/mol. The van der Waals surface area contributed by atoms with E-state index in [9.17, 15) is 0 Å². The monoisotopic (exact) mass is 241 g/mol. The van der Waals surface area contributed by atoms with Crippen molar-refractivity contribution in [2.45, 2.75) is 31.8 Å². The Kier molecular flexibility index (Phi) is 3.42. The van der Waals surface area contributed by atoms with Gasteiger partial charge >= 0.3 is 0 Å². The normalized spacial score (nSPS) is 19.9. The van der Waals surface area contributed by atoms with Crippen molar-refractivity contribution in [3.8, 4) is 11.1 Å². The summed E-state index contributed by atoms with van der Waals surface area (Å²) >= 11 is 0. The molecule has 2 aromatic rings. The predicted molar refractivity (Wildman–Crippen MR) is 73.3 cm³/mol. The van der Waals surface area contributed by atoms with Gasteiger partial charge < -0.3 is 5.32 Å². The van der Waals surface area contributed by atoms with Crippen molar-refractivity contribution in [1.82, 2.24) is 15.1 Å². The molecule has 94 valence electrons. The first-order chi connectivity index (χ1) is 8.92. The minimum atomic E-state index is 0.585. The van der Waals surface area contributed by atoms with E-state index in [-0.39, 0.29) is 0 Å². The van der Waals surface area contributed by atoms with Crippen LogP contribution in [0.3, 0.4) is 0 Å². The van der Waals surface area contributed by atoms with Crippen LogP contribution in [0.5, 0.6) is 0 Å². The lowest BCUT2D eigenvalue weighted by Gasteiger charge is -2.23. The maximum absolute atomic E-state index is 4.46. The van der Waals surface area contributed by atoms with Gasteiger partial charge in [0.2, 0.25) is 0 Å². The minimum Gasteiger partial charge on any atom is -0.312 e. The minimum absolute atomic E-state index is 0.585. The fourth-order valence-corrected chi connectivity index (χ4v) is 2.55. The summed E-state index contributed by atoms with van der Waals surface area (Å²) in [5.41, 5.74) is 2.44. The Morgan fingerprint density at radius 2 is 2.06 bits per heavy atom. The third-order valence-electron chi connectivity index (χ3n) is 3.56. The van der Waals surface area contributed by atoms with Crippen LogP contribution in [0.1, 0.15) is 19.3 Å². The van der Waals surface area contributed by atoms with Crippen molar-refractivity contribution in [1.29, 1.82) is 0 Å². The van der Waals surface area contributed by atoms with Gasteiger partial charge in [0.25, 0.3) is 0 Å². The number of aromatic nitrogens is 2. The summed E-state index contributed by atoms with van der Waals surface area (Å²) in [7, 11) is 0. The first-order valence-corrected chi connectivity index (χ1v) is 6.73. The lowest BCUT2D eigenvalue weighted by molar-refractivity contribution is 0.351. The van der Waals surface area contributed by atoms with Crippen LogP contribution in [0.15, 0.2) is 42.7 Å². The number of nitrogens with zero attached hydrogens (tertiary/aromatic N) is 2. The van der Waals surface area contributed by atoms with E-state index in [4.69, 9.17) is 0 Å². The van der Waals surface area contributed by atoms with Gasteiger partial charge in [0, 0.05) is 17.8 Å². The highest BCUT2D eigenvalue weighted by atomic mass is 15.3.